The molecule has 0 bridgehead atoms. The summed E-state index contributed by atoms with van der Waals surface area (Å²) in [5, 5.41) is 2.29. The van der Waals surface area contributed by atoms with Gasteiger partial charge in [-0.3, -0.25) is 9.97 Å². The van der Waals surface area contributed by atoms with Crippen molar-refractivity contribution in [2.45, 2.75) is 46.0 Å². The van der Waals surface area contributed by atoms with Gasteiger partial charge < -0.3 is 4.42 Å². The van der Waals surface area contributed by atoms with Gasteiger partial charge >= 0.3 is 0 Å². The van der Waals surface area contributed by atoms with Crippen molar-refractivity contribution in [1.29, 1.82) is 0 Å². The van der Waals surface area contributed by atoms with Crippen LogP contribution in [0.5, 0.6) is 0 Å². The molecular formula is C29H26N2O. The fourth-order valence-corrected chi connectivity index (χ4v) is 5.23. The molecule has 0 spiro atoms. The molecule has 0 radical (unpaired) electrons. The Bertz CT molecular complexity index is 1540. The lowest BCUT2D eigenvalue weighted by molar-refractivity contribution is 0.636. The molecule has 0 fully saturated rings. The largest absolute Gasteiger partial charge is 0.455 e. The SMILES string of the molecule is Cc1ccc2c(oc3cc4c(cc32)C(C)(C)c2ncccc2-4)c1-c1cc(C(C)C)ccn1. The molecule has 0 N–H and O–H groups in total. The summed E-state index contributed by atoms with van der Waals surface area (Å²) in [5.74, 6) is 0.450. The summed E-state index contributed by atoms with van der Waals surface area (Å²) in [7, 11) is 0. The van der Waals surface area contributed by atoms with Gasteiger partial charge in [0, 0.05) is 39.7 Å². The molecule has 3 nitrogen and oxygen atoms in total. The summed E-state index contributed by atoms with van der Waals surface area (Å²) in [4.78, 5) is 9.43. The number of fused-ring (bicyclic) bond motifs is 6. The number of nitrogens with zero attached hydrogens (tertiary/aromatic N) is 2. The van der Waals surface area contributed by atoms with Crippen molar-refractivity contribution in [2.75, 3.05) is 0 Å². The summed E-state index contributed by atoms with van der Waals surface area (Å²) >= 11 is 0. The molecule has 0 atom stereocenters. The molecule has 0 unspecified atom stereocenters. The minimum absolute atomic E-state index is 0.135. The molecule has 6 rings (SSSR count). The van der Waals surface area contributed by atoms with E-state index in [0.29, 0.717) is 5.92 Å². The van der Waals surface area contributed by atoms with E-state index in [2.05, 4.69) is 77.1 Å². The van der Waals surface area contributed by atoms with Gasteiger partial charge in [-0.05, 0) is 65.4 Å². The van der Waals surface area contributed by atoms with Crippen molar-refractivity contribution in [2.24, 2.45) is 0 Å². The van der Waals surface area contributed by atoms with Gasteiger partial charge in [0.15, 0.2) is 0 Å². The van der Waals surface area contributed by atoms with Gasteiger partial charge in [-0.15, -0.1) is 0 Å². The Morgan fingerprint density at radius 1 is 0.875 bits per heavy atom. The van der Waals surface area contributed by atoms with Crippen LogP contribution in [0.25, 0.3) is 44.3 Å². The van der Waals surface area contributed by atoms with Gasteiger partial charge in [0.25, 0.3) is 0 Å². The quantitative estimate of drug-likeness (QED) is 0.294. The van der Waals surface area contributed by atoms with E-state index in [1.165, 1.54) is 27.8 Å². The topological polar surface area (TPSA) is 38.9 Å². The molecular weight excluding hydrogens is 392 g/mol. The van der Waals surface area contributed by atoms with Crippen molar-refractivity contribution < 1.29 is 4.42 Å². The number of hydrogen-bond acceptors (Lipinski definition) is 3. The summed E-state index contributed by atoms with van der Waals surface area (Å²) in [5.41, 5.74) is 11.1. The molecule has 158 valence electrons. The molecule has 0 amide bonds. The van der Waals surface area contributed by atoms with Crippen molar-refractivity contribution in [1.82, 2.24) is 9.97 Å². The van der Waals surface area contributed by atoms with Crippen LogP contribution in [0.15, 0.2) is 65.3 Å². The fourth-order valence-electron chi connectivity index (χ4n) is 5.23. The summed E-state index contributed by atoms with van der Waals surface area (Å²) in [6, 6.07) is 17.4. The van der Waals surface area contributed by atoms with Gasteiger partial charge in [-0.1, -0.05) is 45.9 Å². The third-order valence-corrected chi connectivity index (χ3v) is 7.06. The standard InChI is InChI=1S/C29H26N2O/c1-16(2)18-10-12-30-24(13-18)26-17(3)8-9-19-22-14-23-21(15-25(22)32-27(19)26)20-7-6-11-31-28(20)29(23,4)5/h6-16H,1-5H3. The van der Waals surface area contributed by atoms with Crippen LogP contribution in [0, 0.1) is 6.92 Å². The van der Waals surface area contributed by atoms with E-state index in [-0.39, 0.29) is 5.41 Å². The molecule has 3 aromatic heterocycles. The van der Waals surface area contributed by atoms with Crippen LogP contribution in [0.1, 0.15) is 56.0 Å². The Balaban J connectivity index is 1.65. The third kappa shape index (κ3) is 2.54. The van der Waals surface area contributed by atoms with E-state index in [1.807, 2.05) is 18.5 Å². The van der Waals surface area contributed by atoms with Crippen LogP contribution in [0.4, 0.5) is 0 Å². The number of benzene rings is 2. The smallest absolute Gasteiger partial charge is 0.145 e. The van der Waals surface area contributed by atoms with Crippen molar-refractivity contribution in [3.8, 4) is 22.4 Å². The summed E-state index contributed by atoms with van der Waals surface area (Å²) < 4.78 is 6.57. The molecule has 2 aromatic carbocycles. The predicted molar refractivity (Wildman–Crippen MR) is 131 cm³/mol. The number of furan rings is 1. The van der Waals surface area contributed by atoms with Gasteiger partial charge in [-0.2, -0.15) is 0 Å². The van der Waals surface area contributed by atoms with E-state index in [4.69, 9.17) is 14.4 Å². The molecule has 1 aliphatic carbocycles. The first kappa shape index (κ1) is 19.2. The lowest BCUT2D eigenvalue weighted by Gasteiger charge is -2.19. The molecule has 32 heavy (non-hydrogen) atoms. The molecule has 0 aliphatic heterocycles. The second-order valence-electron chi connectivity index (χ2n) is 9.78. The van der Waals surface area contributed by atoms with Gasteiger partial charge in [-0.25, -0.2) is 0 Å². The van der Waals surface area contributed by atoms with E-state index in [9.17, 15) is 0 Å². The van der Waals surface area contributed by atoms with Gasteiger partial charge in [0.1, 0.15) is 11.2 Å². The van der Waals surface area contributed by atoms with Gasteiger partial charge in [0.05, 0.1) is 11.4 Å². The Morgan fingerprint density at radius 2 is 1.72 bits per heavy atom. The lowest BCUT2D eigenvalue weighted by Crippen LogP contribution is -2.16. The molecule has 0 saturated carbocycles. The maximum Gasteiger partial charge on any atom is 0.145 e. The average molecular weight is 419 g/mol. The van der Waals surface area contributed by atoms with E-state index < -0.39 is 0 Å². The van der Waals surface area contributed by atoms with E-state index >= 15 is 0 Å². The number of aromatic nitrogens is 2. The minimum Gasteiger partial charge on any atom is -0.455 e. The first-order valence-corrected chi connectivity index (χ1v) is 11.3. The number of aryl methyl sites for hydroxylation is 1. The van der Waals surface area contributed by atoms with Crippen LogP contribution < -0.4 is 0 Å². The van der Waals surface area contributed by atoms with E-state index in [1.54, 1.807) is 0 Å². The highest BCUT2D eigenvalue weighted by molar-refractivity contribution is 6.11. The monoisotopic (exact) mass is 418 g/mol. The highest BCUT2D eigenvalue weighted by atomic mass is 16.3. The Hall–Kier alpha value is -3.46. The minimum atomic E-state index is -0.135. The van der Waals surface area contributed by atoms with Gasteiger partial charge in [0.2, 0.25) is 0 Å². The summed E-state index contributed by atoms with van der Waals surface area (Å²) in [6.45, 7) is 11.1. The van der Waals surface area contributed by atoms with Crippen LogP contribution >= 0.6 is 0 Å². The van der Waals surface area contributed by atoms with Crippen LogP contribution in [0.3, 0.4) is 0 Å². The van der Waals surface area contributed by atoms with Crippen molar-refractivity contribution in [3.63, 3.8) is 0 Å². The molecule has 3 heteroatoms. The average Bonchev–Trinajstić information content (AvgIpc) is 3.25. The second kappa shape index (κ2) is 6.52. The first-order valence-electron chi connectivity index (χ1n) is 11.3. The zero-order valence-electron chi connectivity index (χ0n) is 19.2. The van der Waals surface area contributed by atoms with Crippen LogP contribution in [-0.4, -0.2) is 9.97 Å². The second-order valence-corrected chi connectivity index (χ2v) is 9.78. The molecule has 1 aliphatic rings. The highest BCUT2D eigenvalue weighted by Crippen LogP contribution is 2.50. The van der Waals surface area contributed by atoms with Crippen molar-refractivity contribution >= 4 is 21.9 Å². The van der Waals surface area contributed by atoms with E-state index in [0.717, 1.165) is 38.9 Å². The maximum atomic E-state index is 6.57. The van der Waals surface area contributed by atoms with Crippen molar-refractivity contribution in [3.05, 3.63) is 83.3 Å². The normalized spacial score (nSPS) is 14.3. The van der Waals surface area contributed by atoms with Crippen LogP contribution in [-0.2, 0) is 5.41 Å². The fraction of sp³-hybridized carbons (Fsp3) is 0.241. The zero-order valence-corrected chi connectivity index (χ0v) is 19.2. The van der Waals surface area contributed by atoms with Crippen LogP contribution in [0.2, 0.25) is 0 Å². The third-order valence-electron chi connectivity index (χ3n) is 7.06. The maximum absolute atomic E-state index is 6.57. The lowest BCUT2D eigenvalue weighted by atomic mass is 9.84. The first-order chi connectivity index (χ1) is 15.4. The summed E-state index contributed by atoms with van der Waals surface area (Å²) in [6.07, 6.45) is 3.80. The highest BCUT2D eigenvalue weighted by Gasteiger charge is 2.37. The Kier molecular flexibility index (Phi) is 3.92. The number of pyridine rings is 2. The Morgan fingerprint density at radius 3 is 2.53 bits per heavy atom. The molecule has 5 aromatic rings. The number of hydrogen-bond donors (Lipinski definition) is 0. The zero-order chi connectivity index (χ0) is 22.2. The predicted octanol–water partition coefficient (Wildman–Crippen LogP) is 7.78. The molecule has 0 saturated heterocycles. The molecule has 3 heterocycles. The Labute approximate surface area is 188 Å². The number of rotatable bonds is 2.